The highest BCUT2D eigenvalue weighted by atomic mass is 16.5. The fourth-order valence-electron chi connectivity index (χ4n) is 3.52. The highest BCUT2D eigenvalue weighted by Gasteiger charge is 2.30. The van der Waals surface area contributed by atoms with Crippen LogP contribution in [-0.2, 0) is 10.2 Å². The summed E-state index contributed by atoms with van der Waals surface area (Å²) in [5.41, 5.74) is 2.89. The highest BCUT2D eigenvalue weighted by Crippen LogP contribution is 2.27. The Bertz CT molecular complexity index is 870. The minimum atomic E-state index is -0.259. The standard InChI is InChI=1S/C24H31N3O3/c1-5-30-21-12-10-20(11-13-21)27-16-17(14-22(27)28)15-25-23(29)26-19-8-6-18(7-9-19)24(2,3)4/h6-13,17H,5,14-16H2,1-4H3,(H2,25,26,29). The van der Waals surface area contributed by atoms with E-state index < -0.39 is 0 Å². The van der Waals surface area contributed by atoms with Crippen LogP contribution in [0.15, 0.2) is 48.5 Å². The van der Waals surface area contributed by atoms with Gasteiger partial charge in [-0.2, -0.15) is 0 Å². The first-order chi connectivity index (χ1) is 14.3. The lowest BCUT2D eigenvalue weighted by atomic mass is 9.87. The second-order valence-corrected chi connectivity index (χ2v) is 8.66. The van der Waals surface area contributed by atoms with Gasteiger partial charge in [0.1, 0.15) is 5.75 Å². The summed E-state index contributed by atoms with van der Waals surface area (Å²) in [5.74, 6) is 0.945. The van der Waals surface area contributed by atoms with Gasteiger partial charge in [0.05, 0.1) is 6.61 Å². The number of rotatable bonds is 6. The van der Waals surface area contributed by atoms with E-state index in [4.69, 9.17) is 4.74 Å². The monoisotopic (exact) mass is 409 g/mol. The minimum absolute atomic E-state index is 0.0733. The molecule has 1 fully saturated rings. The van der Waals surface area contributed by atoms with Gasteiger partial charge in [-0.25, -0.2) is 4.79 Å². The Morgan fingerprint density at radius 3 is 2.37 bits per heavy atom. The quantitative estimate of drug-likeness (QED) is 0.735. The van der Waals surface area contributed by atoms with Gasteiger partial charge in [-0.15, -0.1) is 0 Å². The molecule has 6 heteroatoms. The van der Waals surface area contributed by atoms with Gasteiger partial charge in [-0.1, -0.05) is 32.9 Å². The van der Waals surface area contributed by atoms with Crippen LogP contribution in [0.4, 0.5) is 16.2 Å². The summed E-state index contributed by atoms with van der Waals surface area (Å²) in [6.45, 7) is 10.1. The summed E-state index contributed by atoms with van der Waals surface area (Å²) in [5, 5.41) is 5.74. The molecule has 0 spiro atoms. The Morgan fingerprint density at radius 2 is 1.77 bits per heavy atom. The van der Waals surface area contributed by atoms with Crippen LogP contribution in [0.25, 0.3) is 0 Å². The molecule has 2 N–H and O–H groups in total. The number of benzene rings is 2. The molecule has 1 heterocycles. The summed E-state index contributed by atoms with van der Waals surface area (Å²) in [4.78, 5) is 26.4. The van der Waals surface area contributed by atoms with Gasteiger partial charge in [-0.3, -0.25) is 4.79 Å². The Balaban J connectivity index is 1.49. The average Bonchev–Trinajstić information content (AvgIpc) is 3.08. The van der Waals surface area contributed by atoms with Crippen LogP contribution in [0.5, 0.6) is 5.75 Å². The van der Waals surface area contributed by atoms with E-state index >= 15 is 0 Å². The molecular formula is C24H31N3O3. The predicted octanol–water partition coefficient (Wildman–Crippen LogP) is 4.56. The summed E-state index contributed by atoms with van der Waals surface area (Å²) >= 11 is 0. The molecule has 2 aromatic carbocycles. The van der Waals surface area contributed by atoms with Crippen LogP contribution >= 0.6 is 0 Å². The second kappa shape index (κ2) is 9.20. The van der Waals surface area contributed by atoms with Gasteiger partial charge >= 0.3 is 6.03 Å². The molecular weight excluding hydrogens is 378 g/mol. The number of ether oxygens (including phenoxy) is 1. The van der Waals surface area contributed by atoms with Crippen molar-refractivity contribution in [3.63, 3.8) is 0 Å². The number of amides is 3. The Labute approximate surface area is 178 Å². The number of nitrogens with zero attached hydrogens (tertiary/aromatic N) is 1. The zero-order valence-electron chi connectivity index (χ0n) is 18.2. The molecule has 1 unspecified atom stereocenters. The van der Waals surface area contributed by atoms with Crippen molar-refractivity contribution < 1.29 is 14.3 Å². The molecule has 1 aliphatic rings. The van der Waals surface area contributed by atoms with Crippen LogP contribution in [0.1, 0.15) is 39.7 Å². The predicted molar refractivity (Wildman–Crippen MR) is 120 cm³/mol. The lowest BCUT2D eigenvalue weighted by Gasteiger charge is -2.19. The molecule has 1 saturated heterocycles. The summed E-state index contributed by atoms with van der Waals surface area (Å²) < 4.78 is 5.45. The van der Waals surface area contributed by atoms with E-state index in [0.717, 1.165) is 17.1 Å². The zero-order chi connectivity index (χ0) is 21.7. The molecule has 1 atom stereocenters. The average molecular weight is 410 g/mol. The molecule has 0 bridgehead atoms. The number of carbonyl (C=O) groups excluding carboxylic acids is 2. The van der Waals surface area contributed by atoms with Gasteiger partial charge in [0, 0.05) is 36.8 Å². The number of hydrogen-bond acceptors (Lipinski definition) is 3. The Kier molecular flexibility index (Phi) is 6.65. The van der Waals surface area contributed by atoms with Crippen LogP contribution in [0.2, 0.25) is 0 Å². The highest BCUT2D eigenvalue weighted by molar-refractivity contribution is 5.96. The SMILES string of the molecule is CCOc1ccc(N2CC(CNC(=O)Nc3ccc(C(C)(C)C)cc3)CC2=O)cc1. The molecule has 160 valence electrons. The van der Waals surface area contributed by atoms with E-state index in [1.54, 1.807) is 4.90 Å². The minimum Gasteiger partial charge on any atom is -0.494 e. The maximum absolute atomic E-state index is 12.4. The lowest BCUT2D eigenvalue weighted by Crippen LogP contribution is -2.34. The van der Waals surface area contributed by atoms with Crippen LogP contribution < -0.4 is 20.3 Å². The molecule has 0 aromatic heterocycles. The van der Waals surface area contributed by atoms with Gasteiger partial charge in [0.2, 0.25) is 5.91 Å². The Morgan fingerprint density at radius 1 is 1.10 bits per heavy atom. The van der Waals surface area contributed by atoms with E-state index in [2.05, 4.69) is 31.4 Å². The third kappa shape index (κ3) is 5.53. The third-order valence-electron chi connectivity index (χ3n) is 5.22. The first kappa shape index (κ1) is 21.7. The van der Waals surface area contributed by atoms with Crippen molar-refractivity contribution >= 4 is 23.3 Å². The topological polar surface area (TPSA) is 70.7 Å². The number of carbonyl (C=O) groups is 2. The van der Waals surface area contributed by atoms with Gasteiger partial charge in [0.25, 0.3) is 0 Å². The van der Waals surface area contributed by atoms with Crippen molar-refractivity contribution in [3.8, 4) is 5.75 Å². The fourth-order valence-corrected chi connectivity index (χ4v) is 3.52. The van der Waals surface area contributed by atoms with E-state index in [9.17, 15) is 9.59 Å². The smallest absolute Gasteiger partial charge is 0.319 e. The van der Waals surface area contributed by atoms with E-state index in [0.29, 0.717) is 26.1 Å². The summed E-state index contributed by atoms with van der Waals surface area (Å²) in [6.07, 6.45) is 0.424. The normalized spacial score (nSPS) is 16.5. The van der Waals surface area contributed by atoms with Gasteiger partial charge in [-0.05, 0) is 54.3 Å². The van der Waals surface area contributed by atoms with E-state index in [1.807, 2.05) is 55.5 Å². The first-order valence-corrected chi connectivity index (χ1v) is 10.4. The van der Waals surface area contributed by atoms with Crippen LogP contribution in [0.3, 0.4) is 0 Å². The summed E-state index contributed by atoms with van der Waals surface area (Å²) in [6, 6.07) is 15.1. The number of anilines is 2. The molecule has 3 amide bonds. The maximum atomic E-state index is 12.4. The zero-order valence-corrected chi connectivity index (χ0v) is 18.2. The van der Waals surface area contributed by atoms with Crippen molar-refractivity contribution in [1.29, 1.82) is 0 Å². The molecule has 0 saturated carbocycles. The molecule has 3 rings (SSSR count). The molecule has 1 aliphatic heterocycles. The molecule has 0 aliphatic carbocycles. The van der Waals surface area contributed by atoms with E-state index in [-0.39, 0.29) is 23.3 Å². The van der Waals surface area contributed by atoms with Crippen molar-refractivity contribution in [2.24, 2.45) is 5.92 Å². The molecule has 0 radical (unpaired) electrons. The van der Waals surface area contributed by atoms with Crippen molar-refractivity contribution in [2.45, 2.75) is 39.5 Å². The molecule has 6 nitrogen and oxygen atoms in total. The van der Waals surface area contributed by atoms with E-state index in [1.165, 1.54) is 5.56 Å². The lowest BCUT2D eigenvalue weighted by molar-refractivity contribution is -0.117. The third-order valence-corrected chi connectivity index (χ3v) is 5.22. The Hall–Kier alpha value is -3.02. The van der Waals surface area contributed by atoms with Gasteiger partial charge in [0.15, 0.2) is 0 Å². The second-order valence-electron chi connectivity index (χ2n) is 8.66. The maximum Gasteiger partial charge on any atom is 0.319 e. The van der Waals surface area contributed by atoms with Gasteiger partial charge < -0.3 is 20.3 Å². The number of hydrogen-bond donors (Lipinski definition) is 2. The first-order valence-electron chi connectivity index (χ1n) is 10.4. The van der Waals surface area contributed by atoms with Crippen LogP contribution in [0, 0.1) is 5.92 Å². The van der Waals surface area contributed by atoms with Crippen molar-refractivity contribution in [2.75, 3.05) is 29.9 Å². The number of nitrogens with one attached hydrogen (secondary N) is 2. The summed E-state index contributed by atoms with van der Waals surface area (Å²) in [7, 11) is 0. The molecule has 30 heavy (non-hydrogen) atoms. The van der Waals surface area contributed by atoms with Crippen molar-refractivity contribution in [1.82, 2.24) is 5.32 Å². The van der Waals surface area contributed by atoms with Crippen molar-refractivity contribution in [3.05, 3.63) is 54.1 Å². The molecule has 2 aromatic rings. The fraction of sp³-hybridized carbons (Fsp3) is 0.417. The number of urea groups is 1. The van der Waals surface area contributed by atoms with Crippen LogP contribution in [-0.4, -0.2) is 31.6 Å². The largest absolute Gasteiger partial charge is 0.494 e.